The number of piperidine rings is 1. The third-order valence-corrected chi connectivity index (χ3v) is 2.50. The summed E-state index contributed by atoms with van der Waals surface area (Å²) in [5.41, 5.74) is 0. The largest absolute Gasteiger partial charge is 0.375 e. The molecule has 0 aromatic rings. The van der Waals surface area contributed by atoms with Crippen LogP contribution in [-0.2, 0) is 4.74 Å². The summed E-state index contributed by atoms with van der Waals surface area (Å²) in [6.45, 7) is 6.31. The van der Waals surface area contributed by atoms with Crippen LogP contribution in [0.2, 0.25) is 0 Å². The highest BCUT2D eigenvalue weighted by atomic mass is 19.3. The SMILES string of the molecule is CC(C)OC1CCN(CC(C)(F)F)CC1. The Labute approximate surface area is 90.6 Å². The van der Waals surface area contributed by atoms with E-state index in [9.17, 15) is 8.78 Å². The fourth-order valence-electron chi connectivity index (χ4n) is 1.98. The highest BCUT2D eigenvalue weighted by Crippen LogP contribution is 2.19. The lowest BCUT2D eigenvalue weighted by Crippen LogP contribution is -2.42. The molecule has 0 amide bonds. The number of alkyl halides is 2. The standard InChI is InChI=1S/C11H21F2NO/c1-9(2)15-10-4-6-14(7-5-10)8-11(3,12)13/h9-10H,4-8H2,1-3H3. The van der Waals surface area contributed by atoms with Gasteiger partial charge in [-0.15, -0.1) is 0 Å². The first-order chi connectivity index (χ1) is 6.87. The molecule has 1 aliphatic heterocycles. The van der Waals surface area contributed by atoms with Gasteiger partial charge in [0.2, 0.25) is 0 Å². The molecule has 0 bridgehead atoms. The lowest BCUT2D eigenvalue weighted by molar-refractivity contribution is -0.0555. The fourth-order valence-corrected chi connectivity index (χ4v) is 1.98. The number of nitrogens with zero attached hydrogens (tertiary/aromatic N) is 1. The summed E-state index contributed by atoms with van der Waals surface area (Å²) in [5.74, 6) is -2.58. The second-order valence-corrected chi connectivity index (χ2v) is 4.73. The zero-order chi connectivity index (χ0) is 11.5. The predicted molar refractivity (Wildman–Crippen MR) is 56.3 cm³/mol. The Balaban J connectivity index is 2.24. The smallest absolute Gasteiger partial charge is 0.257 e. The molecule has 15 heavy (non-hydrogen) atoms. The van der Waals surface area contributed by atoms with Crippen molar-refractivity contribution in [2.45, 2.75) is 51.7 Å². The average molecular weight is 221 g/mol. The second-order valence-electron chi connectivity index (χ2n) is 4.73. The lowest BCUT2D eigenvalue weighted by Gasteiger charge is -2.33. The van der Waals surface area contributed by atoms with Crippen molar-refractivity contribution in [2.24, 2.45) is 0 Å². The van der Waals surface area contributed by atoms with Gasteiger partial charge in [0.05, 0.1) is 18.8 Å². The van der Waals surface area contributed by atoms with Gasteiger partial charge in [-0.3, -0.25) is 4.90 Å². The van der Waals surface area contributed by atoms with E-state index in [1.165, 1.54) is 0 Å². The lowest BCUT2D eigenvalue weighted by atomic mass is 10.1. The van der Waals surface area contributed by atoms with Crippen molar-refractivity contribution in [1.29, 1.82) is 0 Å². The fraction of sp³-hybridized carbons (Fsp3) is 1.00. The molecule has 1 rings (SSSR count). The van der Waals surface area contributed by atoms with Crippen LogP contribution < -0.4 is 0 Å². The molecule has 0 saturated carbocycles. The van der Waals surface area contributed by atoms with Crippen LogP contribution in [0.5, 0.6) is 0 Å². The maximum absolute atomic E-state index is 12.7. The van der Waals surface area contributed by atoms with Crippen molar-refractivity contribution in [3.63, 3.8) is 0 Å². The Hall–Kier alpha value is -0.220. The van der Waals surface area contributed by atoms with E-state index in [4.69, 9.17) is 4.74 Å². The summed E-state index contributed by atoms with van der Waals surface area (Å²) in [7, 11) is 0. The van der Waals surface area contributed by atoms with Crippen LogP contribution >= 0.6 is 0 Å². The summed E-state index contributed by atoms with van der Waals surface area (Å²) < 4.78 is 31.1. The Kier molecular flexibility index (Phi) is 4.46. The van der Waals surface area contributed by atoms with E-state index >= 15 is 0 Å². The maximum atomic E-state index is 12.7. The second kappa shape index (κ2) is 5.21. The quantitative estimate of drug-likeness (QED) is 0.723. The van der Waals surface area contributed by atoms with Crippen molar-refractivity contribution in [2.75, 3.05) is 19.6 Å². The normalized spacial score (nSPS) is 21.2. The molecule has 2 nitrogen and oxygen atoms in total. The van der Waals surface area contributed by atoms with Crippen molar-refractivity contribution < 1.29 is 13.5 Å². The molecule has 4 heteroatoms. The molecule has 1 aliphatic rings. The van der Waals surface area contributed by atoms with Gasteiger partial charge < -0.3 is 4.74 Å². The number of hydrogen-bond acceptors (Lipinski definition) is 2. The zero-order valence-electron chi connectivity index (χ0n) is 9.80. The van der Waals surface area contributed by atoms with Gasteiger partial charge >= 0.3 is 0 Å². The van der Waals surface area contributed by atoms with Crippen molar-refractivity contribution in [1.82, 2.24) is 4.90 Å². The van der Waals surface area contributed by atoms with Crippen LogP contribution in [0.15, 0.2) is 0 Å². The van der Waals surface area contributed by atoms with Crippen LogP contribution in [0, 0.1) is 0 Å². The summed E-state index contributed by atoms with van der Waals surface area (Å²) in [4.78, 5) is 1.82. The predicted octanol–water partition coefficient (Wildman–Crippen LogP) is 2.53. The Morgan fingerprint density at radius 3 is 2.27 bits per heavy atom. The highest BCUT2D eigenvalue weighted by molar-refractivity contribution is 4.76. The van der Waals surface area contributed by atoms with Gasteiger partial charge in [-0.05, 0) is 26.7 Å². The number of hydrogen-bond donors (Lipinski definition) is 0. The molecule has 0 aliphatic carbocycles. The van der Waals surface area contributed by atoms with Gasteiger partial charge in [-0.2, -0.15) is 0 Å². The topological polar surface area (TPSA) is 12.5 Å². The number of ether oxygens (including phenoxy) is 1. The van der Waals surface area contributed by atoms with Crippen LogP contribution in [0.3, 0.4) is 0 Å². The highest BCUT2D eigenvalue weighted by Gasteiger charge is 2.28. The first-order valence-corrected chi connectivity index (χ1v) is 5.62. The average Bonchev–Trinajstić information content (AvgIpc) is 2.05. The monoisotopic (exact) mass is 221 g/mol. The third kappa shape index (κ3) is 5.42. The van der Waals surface area contributed by atoms with E-state index in [-0.39, 0.29) is 18.8 Å². The third-order valence-electron chi connectivity index (χ3n) is 2.50. The molecule has 1 saturated heterocycles. The minimum Gasteiger partial charge on any atom is -0.375 e. The Morgan fingerprint density at radius 1 is 1.33 bits per heavy atom. The maximum Gasteiger partial charge on any atom is 0.257 e. The molecule has 0 radical (unpaired) electrons. The van der Waals surface area contributed by atoms with Gasteiger partial charge in [0.1, 0.15) is 0 Å². The summed E-state index contributed by atoms with van der Waals surface area (Å²) >= 11 is 0. The molecule has 1 fully saturated rings. The first kappa shape index (κ1) is 12.8. The molecule has 0 aromatic carbocycles. The molecule has 0 aromatic heterocycles. The summed E-state index contributed by atoms with van der Waals surface area (Å²) in [6, 6.07) is 0. The van der Waals surface area contributed by atoms with Crippen molar-refractivity contribution in [3.8, 4) is 0 Å². The van der Waals surface area contributed by atoms with E-state index in [2.05, 4.69) is 0 Å². The number of rotatable bonds is 4. The summed E-state index contributed by atoms with van der Waals surface area (Å²) in [6.07, 6.45) is 2.23. The van der Waals surface area contributed by atoms with Crippen LogP contribution in [0.25, 0.3) is 0 Å². The molecule has 0 unspecified atom stereocenters. The van der Waals surface area contributed by atoms with E-state index in [1.807, 2.05) is 18.7 Å². The Bertz CT molecular complexity index is 184. The minimum atomic E-state index is -2.58. The first-order valence-electron chi connectivity index (χ1n) is 5.62. The van der Waals surface area contributed by atoms with Crippen LogP contribution in [0.1, 0.15) is 33.6 Å². The number of halogens is 2. The van der Waals surface area contributed by atoms with Gasteiger partial charge in [-0.25, -0.2) is 8.78 Å². The molecule has 90 valence electrons. The van der Waals surface area contributed by atoms with E-state index in [0.717, 1.165) is 32.9 Å². The molecule has 0 N–H and O–H groups in total. The zero-order valence-corrected chi connectivity index (χ0v) is 9.80. The number of likely N-dealkylation sites (tertiary alicyclic amines) is 1. The molecule has 1 heterocycles. The molecule has 0 atom stereocenters. The van der Waals surface area contributed by atoms with Crippen LogP contribution in [-0.4, -0.2) is 42.7 Å². The summed E-state index contributed by atoms with van der Waals surface area (Å²) in [5, 5.41) is 0. The van der Waals surface area contributed by atoms with Gasteiger partial charge in [0.25, 0.3) is 5.92 Å². The van der Waals surface area contributed by atoms with Crippen molar-refractivity contribution >= 4 is 0 Å². The minimum absolute atomic E-state index is 0.124. The van der Waals surface area contributed by atoms with E-state index in [0.29, 0.717) is 0 Å². The molecule has 0 spiro atoms. The molecular formula is C11H21F2NO. The van der Waals surface area contributed by atoms with Gasteiger partial charge in [0.15, 0.2) is 0 Å². The van der Waals surface area contributed by atoms with Gasteiger partial charge in [-0.1, -0.05) is 0 Å². The van der Waals surface area contributed by atoms with Crippen LogP contribution in [0.4, 0.5) is 8.78 Å². The molecular weight excluding hydrogens is 200 g/mol. The van der Waals surface area contributed by atoms with E-state index < -0.39 is 5.92 Å². The Morgan fingerprint density at radius 2 is 1.87 bits per heavy atom. The van der Waals surface area contributed by atoms with Gasteiger partial charge in [0, 0.05) is 20.0 Å². The van der Waals surface area contributed by atoms with E-state index in [1.54, 1.807) is 0 Å². The van der Waals surface area contributed by atoms with Crippen molar-refractivity contribution in [3.05, 3.63) is 0 Å².